The Kier molecular flexibility index (Phi) is 5.17. The van der Waals surface area contributed by atoms with E-state index < -0.39 is 0 Å². The molecule has 1 heterocycles. The predicted molar refractivity (Wildman–Crippen MR) is 88.4 cm³/mol. The number of hydrogen-bond acceptors (Lipinski definition) is 2. The minimum absolute atomic E-state index is 0.0381. The number of fused-ring (bicyclic) bond motifs is 1. The van der Waals surface area contributed by atoms with Gasteiger partial charge < -0.3 is 9.88 Å². The molecule has 1 atom stereocenters. The van der Waals surface area contributed by atoms with Crippen LogP contribution in [0.25, 0.3) is 10.9 Å². The maximum absolute atomic E-state index is 12.1. The molecule has 4 nitrogen and oxygen atoms in total. The van der Waals surface area contributed by atoms with Crippen LogP contribution in [0.1, 0.15) is 26.7 Å². The third kappa shape index (κ3) is 3.94. The first-order valence-corrected chi connectivity index (χ1v) is 7.88. The van der Waals surface area contributed by atoms with Crippen LogP contribution < -0.4 is 10.7 Å². The summed E-state index contributed by atoms with van der Waals surface area (Å²) in [6.07, 6.45) is 3.67. The molecule has 0 saturated carbocycles. The highest BCUT2D eigenvalue weighted by Crippen LogP contribution is 2.17. The zero-order chi connectivity index (χ0) is 15.4. The van der Waals surface area contributed by atoms with E-state index in [9.17, 15) is 9.59 Å². The molecule has 0 fully saturated rings. The normalized spacial score (nSPS) is 12.3. The Hall–Kier alpha value is -1.62. The molecule has 1 aromatic heterocycles. The van der Waals surface area contributed by atoms with E-state index in [-0.39, 0.29) is 23.9 Å². The molecule has 21 heavy (non-hydrogen) atoms. The minimum Gasteiger partial charge on any atom is -0.352 e. The van der Waals surface area contributed by atoms with E-state index in [2.05, 4.69) is 28.2 Å². The standard InChI is InChI=1S/C16H19BrN2O2/c1-3-4-11(2)18-16(21)10-19-8-7-15(20)13-9-12(17)5-6-14(13)19/h5-9,11H,3-4,10H2,1-2H3,(H,18,21). The number of carbonyl (C=O) groups excluding carboxylic acids is 1. The quantitative estimate of drug-likeness (QED) is 0.900. The number of carbonyl (C=O) groups is 1. The van der Waals surface area contributed by atoms with Gasteiger partial charge in [0.25, 0.3) is 0 Å². The van der Waals surface area contributed by atoms with Crippen molar-refractivity contribution in [1.82, 2.24) is 9.88 Å². The first-order chi connectivity index (χ1) is 10.0. The molecule has 0 aliphatic heterocycles. The van der Waals surface area contributed by atoms with Crippen LogP contribution in [-0.4, -0.2) is 16.5 Å². The zero-order valence-electron chi connectivity index (χ0n) is 12.2. The van der Waals surface area contributed by atoms with E-state index in [1.165, 1.54) is 6.07 Å². The molecule has 0 aliphatic rings. The second-order valence-corrected chi connectivity index (χ2v) is 6.14. The molecule has 1 unspecified atom stereocenters. The van der Waals surface area contributed by atoms with Crippen LogP contribution in [0.2, 0.25) is 0 Å². The van der Waals surface area contributed by atoms with Crippen molar-refractivity contribution < 1.29 is 4.79 Å². The molecule has 5 heteroatoms. The van der Waals surface area contributed by atoms with Crippen molar-refractivity contribution >= 4 is 32.7 Å². The Balaban J connectivity index is 2.25. The summed E-state index contributed by atoms with van der Waals surface area (Å²) in [5, 5.41) is 3.59. The molecule has 0 bridgehead atoms. The van der Waals surface area contributed by atoms with Gasteiger partial charge >= 0.3 is 0 Å². The molecule has 2 rings (SSSR count). The number of halogens is 1. The number of rotatable bonds is 5. The zero-order valence-corrected chi connectivity index (χ0v) is 13.8. The molecule has 1 N–H and O–H groups in total. The monoisotopic (exact) mass is 350 g/mol. The van der Waals surface area contributed by atoms with Gasteiger partial charge in [0.1, 0.15) is 6.54 Å². The highest BCUT2D eigenvalue weighted by Gasteiger charge is 2.09. The maximum Gasteiger partial charge on any atom is 0.240 e. The van der Waals surface area contributed by atoms with Crippen LogP contribution in [0, 0.1) is 0 Å². The summed E-state index contributed by atoms with van der Waals surface area (Å²) in [5.74, 6) is -0.0381. The highest BCUT2D eigenvalue weighted by molar-refractivity contribution is 9.10. The van der Waals surface area contributed by atoms with E-state index >= 15 is 0 Å². The van der Waals surface area contributed by atoms with E-state index in [0.29, 0.717) is 5.39 Å². The van der Waals surface area contributed by atoms with Crippen LogP contribution in [0.4, 0.5) is 0 Å². The van der Waals surface area contributed by atoms with E-state index in [1.54, 1.807) is 16.8 Å². The summed E-state index contributed by atoms with van der Waals surface area (Å²) in [5.41, 5.74) is 0.728. The molecular formula is C16H19BrN2O2. The maximum atomic E-state index is 12.1. The number of benzene rings is 1. The lowest BCUT2D eigenvalue weighted by atomic mass is 10.2. The molecule has 0 spiro atoms. The molecule has 0 radical (unpaired) electrons. The van der Waals surface area contributed by atoms with Crippen LogP contribution in [0.5, 0.6) is 0 Å². The van der Waals surface area contributed by atoms with Crippen molar-refractivity contribution in [2.24, 2.45) is 0 Å². The number of pyridine rings is 1. The summed E-state index contributed by atoms with van der Waals surface area (Å²) in [6, 6.07) is 7.17. The topological polar surface area (TPSA) is 51.1 Å². The van der Waals surface area contributed by atoms with Crippen LogP contribution in [0.3, 0.4) is 0 Å². The summed E-state index contributed by atoms with van der Waals surface area (Å²) in [7, 11) is 0. The van der Waals surface area contributed by atoms with E-state index in [1.807, 2.05) is 19.1 Å². The van der Waals surface area contributed by atoms with Crippen molar-refractivity contribution in [2.45, 2.75) is 39.3 Å². The van der Waals surface area contributed by atoms with Crippen LogP contribution >= 0.6 is 15.9 Å². The Morgan fingerprint density at radius 1 is 1.38 bits per heavy atom. The summed E-state index contributed by atoms with van der Waals surface area (Å²) in [4.78, 5) is 24.0. The van der Waals surface area contributed by atoms with Crippen LogP contribution in [-0.2, 0) is 11.3 Å². The van der Waals surface area contributed by atoms with Crippen LogP contribution in [0.15, 0.2) is 39.7 Å². The molecule has 112 valence electrons. The number of aromatic nitrogens is 1. The van der Waals surface area contributed by atoms with Crippen molar-refractivity contribution in [3.05, 3.63) is 45.2 Å². The number of nitrogens with zero attached hydrogens (tertiary/aromatic N) is 1. The fraction of sp³-hybridized carbons (Fsp3) is 0.375. The molecule has 0 aliphatic carbocycles. The SMILES string of the molecule is CCCC(C)NC(=O)Cn1ccc(=O)c2cc(Br)ccc21. The van der Waals surface area contributed by atoms with E-state index in [4.69, 9.17) is 0 Å². The molecular weight excluding hydrogens is 332 g/mol. The first kappa shape index (κ1) is 15.8. The lowest BCUT2D eigenvalue weighted by Crippen LogP contribution is -2.35. The van der Waals surface area contributed by atoms with Crippen molar-refractivity contribution in [2.75, 3.05) is 0 Å². The van der Waals surface area contributed by atoms with Gasteiger partial charge in [0.15, 0.2) is 5.43 Å². The van der Waals surface area contributed by atoms with Gasteiger partial charge in [-0.05, 0) is 31.5 Å². The Morgan fingerprint density at radius 2 is 2.14 bits per heavy atom. The number of nitrogens with one attached hydrogen (secondary N) is 1. The molecule has 2 aromatic rings. The average Bonchev–Trinajstić information content (AvgIpc) is 2.42. The van der Waals surface area contributed by atoms with Gasteiger partial charge in [0.05, 0.1) is 5.52 Å². The summed E-state index contributed by atoms with van der Waals surface area (Å²) < 4.78 is 2.66. The van der Waals surface area contributed by atoms with Gasteiger partial charge in [-0.3, -0.25) is 9.59 Å². The number of hydrogen-bond donors (Lipinski definition) is 1. The lowest BCUT2D eigenvalue weighted by molar-refractivity contribution is -0.122. The smallest absolute Gasteiger partial charge is 0.240 e. The fourth-order valence-electron chi connectivity index (χ4n) is 2.40. The predicted octanol–water partition coefficient (Wildman–Crippen LogP) is 3.07. The Labute approximate surface area is 132 Å². The van der Waals surface area contributed by atoms with Crippen molar-refractivity contribution in [3.63, 3.8) is 0 Å². The second-order valence-electron chi connectivity index (χ2n) is 5.23. The Morgan fingerprint density at radius 3 is 2.86 bits per heavy atom. The largest absolute Gasteiger partial charge is 0.352 e. The average molecular weight is 351 g/mol. The third-order valence-electron chi connectivity index (χ3n) is 3.38. The van der Waals surface area contributed by atoms with Crippen molar-refractivity contribution in [3.8, 4) is 0 Å². The second kappa shape index (κ2) is 6.89. The lowest BCUT2D eigenvalue weighted by Gasteiger charge is -2.15. The third-order valence-corrected chi connectivity index (χ3v) is 3.88. The van der Waals surface area contributed by atoms with Gasteiger partial charge in [-0.2, -0.15) is 0 Å². The van der Waals surface area contributed by atoms with E-state index in [0.717, 1.165) is 22.8 Å². The molecule has 0 saturated heterocycles. The minimum atomic E-state index is -0.0395. The van der Waals surface area contributed by atoms with Crippen molar-refractivity contribution in [1.29, 1.82) is 0 Å². The highest BCUT2D eigenvalue weighted by atomic mass is 79.9. The van der Waals surface area contributed by atoms with Gasteiger partial charge in [-0.25, -0.2) is 0 Å². The summed E-state index contributed by atoms with van der Waals surface area (Å²) >= 11 is 3.36. The van der Waals surface area contributed by atoms with Gasteiger partial charge in [0.2, 0.25) is 5.91 Å². The van der Waals surface area contributed by atoms with Gasteiger partial charge in [0, 0.05) is 28.2 Å². The molecule has 1 amide bonds. The first-order valence-electron chi connectivity index (χ1n) is 7.09. The Bertz CT molecular complexity index is 709. The van der Waals surface area contributed by atoms with Gasteiger partial charge in [-0.15, -0.1) is 0 Å². The summed E-state index contributed by atoms with van der Waals surface area (Å²) in [6.45, 7) is 4.31. The van der Waals surface area contributed by atoms with Gasteiger partial charge in [-0.1, -0.05) is 29.3 Å². The number of amides is 1. The fourth-order valence-corrected chi connectivity index (χ4v) is 2.76. The molecule has 1 aromatic carbocycles.